The number of hydrogen-bond donors (Lipinski definition) is 2. The van der Waals surface area contributed by atoms with Crippen LogP contribution in [-0.4, -0.2) is 27.9 Å². The molecule has 1 unspecified atom stereocenters. The molecule has 1 atom stereocenters. The summed E-state index contributed by atoms with van der Waals surface area (Å²) in [4.78, 5) is 38.6. The van der Waals surface area contributed by atoms with Crippen LogP contribution >= 0.6 is 0 Å². The summed E-state index contributed by atoms with van der Waals surface area (Å²) in [6.07, 6.45) is 0.632. The van der Waals surface area contributed by atoms with Crippen molar-refractivity contribution in [2.24, 2.45) is 0 Å². The van der Waals surface area contributed by atoms with Gasteiger partial charge in [-0.1, -0.05) is 43.3 Å². The summed E-state index contributed by atoms with van der Waals surface area (Å²) < 4.78 is 13.4. The van der Waals surface area contributed by atoms with Crippen LogP contribution in [0.2, 0.25) is 0 Å². The van der Waals surface area contributed by atoms with Crippen LogP contribution in [0.4, 0.5) is 10.1 Å². The Morgan fingerprint density at radius 2 is 1.47 bits per heavy atom. The predicted octanol–water partition coefficient (Wildman–Crippen LogP) is 4.64. The monoisotopic (exact) mass is 459 g/mol. The van der Waals surface area contributed by atoms with Crippen LogP contribution in [0.25, 0.3) is 5.76 Å². The standard InChI is InChI=1S/C27H22FNO5/c1-2-16-3-7-18(8-4-16)24-23(25(32)19-9-11-20(28)12-10-19)26(33)27(34)29(24)21-13-5-17(6-14-21)15-22(30)31/h3-14,24,32H,2,15H2,1H3,(H,30,31)/b25-23+. The van der Waals surface area contributed by atoms with Gasteiger partial charge < -0.3 is 10.2 Å². The maximum Gasteiger partial charge on any atom is 0.307 e. The Morgan fingerprint density at radius 1 is 0.882 bits per heavy atom. The second-order valence-corrected chi connectivity index (χ2v) is 8.01. The number of hydrogen-bond acceptors (Lipinski definition) is 4. The summed E-state index contributed by atoms with van der Waals surface area (Å²) in [5.41, 5.74) is 2.73. The lowest BCUT2D eigenvalue weighted by molar-refractivity contribution is -0.136. The number of aliphatic hydroxyl groups is 1. The number of carboxylic acid groups (broad SMARTS) is 1. The van der Waals surface area contributed by atoms with Gasteiger partial charge in [-0.05, 0) is 59.5 Å². The lowest BCUT2D eigenvalue weighted by atomic mass is 9.94. The molecule has 1 saturated heterocycles. The molecule has 3 aromatic rings. The molecule has 2 N–H and O–H groups in total. The van der Waals surface area contributed by atoms with E-state index in [2.05, 4.69) is 0 Å². The zero-order valence-corrected chi connectivity index (χ0v) is 18.4. The van der Waals surface area contributed by atoms with Crippen LogP contribution in [-0.2, 0) is 27.2 Å². The van der Waals surface area contributed by atoms with Gasteiger partial charge in [0.25, 0.3) is 11.7 Å². The Labute approximate surface area is 195 Å². The first-order valence-corrected chi connectivity index (χ1v) is 10.8. The number of halogens is 1. The van der Waals surface area contributed by atoms with Gasteiger partial charge in [-0.15, -0.1) is 0 Å². The number of ketones is 1. The van der Waals surface area contributed by atoms with Crippen molar-refractivity contribution >= 4 is 29.1 Å². The number of carbonyl (C=O) groups is 3. The van der Waals surface area contributed by atoms with Gasteiger partial charge in [0.1, 0.15) is 11.6 Å². The van der Waals surface area contributed by atoms with Gasteiger partial charge in [-0.3, -0.25) is 19.3 Å². The fourth-order valence-electron chi connectivity index (χ4n) is 4.06. The zero-order valence-electron chi connectivity index (χ0n) is 18.4. The third kappa shape index (κ3) is 4.32. The summed E-state index contributed by atoms with van der Waals surface area (Å²) in [5, 5.41) is 20.0. The molecule has 1 amide bonds. The van der Waals surface area contributed by atoms with Crippen molar-refractivity contribution < 1.29 is 29.0 Å². The first kappa shape index (κ1) is 22.9. The smallest absolute Gasteiger partial charge is 0.307 e. The Hall–Kier alpha value is -4.26. The fourth-order valence-corrected chi connectivity index (χ4v) is 4.06. The highest BCUT2D eigenvalue weighted by Crippen LogP contribution is 2.42. The molecule has 172 valence electrons. The first-order chi connectivity index (χ1) is 16.3. The Kier molecular flexibility index (Phi) is 6.27. The Morgan fingerprint density at radius 3 is 2.03 bits per heavy atom. The Bertz CT molecular complexity index is 1280. The van der Waals surface area contributed by atoms with Gasteiger partial charge in [0.05, 0.1) is 18.0 Å². The number of nitrogens with zero attached hydrogens (tertiary/aromatic N) is 1. The van der Waals surface area contributed by atoms with Crippen molar-refractivity contribution in [3.05, 3.63) is 106 Å². The number of amides is 1. The topological polar surface area (TPSA) is 94.9 Å². The van der Waals surface area contributed by atoms with Crippen LogP contribution in [0.5, 0.6) is 0 Å². The third-order valence-electron chi connectivity index (χ3n) is 5.84. The molecule has 1 fully saturated rings. The van der Waals surface area contributed by atoms with Gasteiger partial charge in [0.15, 0.2) is 0 Å². The van der Waals surface area contributed by atoms with E-state index in [1.807, 2.05) is 19.1 Å². The molecule has 4 rings (SSSR count). The number of rotatable bonds is 6. The molecular formula is C27H22FNO5. The molecule has 0 spiro atoms. The van der Waals surface area contributed by atoms with E-state index in [1.54, 1.807) is 36.4 Å². The van der Waals surface area contributed by atoms with Crippen LogP contribution in [0, 0.1) is 5.82 Å². The maximum absolute atomic E-state index is 13.4. The molecule has 0 radical (unpaired) electrons. The van der Waals surface area contributed by atoms with E-state index in [0.717, 1.165) is 24.1 Å². The molecular weight excluding hydrogens is 437 g/mol. The lowest BCUT2D eigenvalue weighted by Crippen LogP contribution is -2.29. The number of anilines is 1. The third-order valence-corrected chi connectivity index (χ3v) is 5.84. The molecule has 0 aromatic heterocycles. The number of aliphatic hydroxyl groups excluding tert-OH is 1. The predicted molar refractivity (Wildman–Crippen MR) is 125 cm³/mol. The van der Waals surface area contributed by atoms with E-state index in [-0.39, 0.29) is 17.6 Å². The van der Waals surface area contributed by atoms with Crippen molar-refractivity contribution in [3.8, 4) is 0 Å². The number of aryl methyl sites for hydroxylation is 1. The summed E-state index contributed by atoms with van der Waals surface area (Å²) >= 11 is 0. The van der Waals surface area contributed by atoms with Gasteiger partial charge in [0, 0.05) is 11.3 Å². The van der Waals surface area contributed by atoms with Crippen LogP contribution < -0.4 is 4.90 Å². The molecule has 1 aliphatic heterocycles. The average Bonchev–Trinajstić information content (AvgIpc) is 3.10. The van der Waals surface area contributed by atoms with E-state index in [4.69, 9.17) is 5.11 Å². The SMILES string of the molecule is CCc1ccc(C2/C(=C(\O)c3ccc(F)cc3)C(=O)C(=O)N2c2ccc(CC(=O)O)cc2)cc1. The number of carboxylic acids is 1. The van der Waals surface area contributed by atoms with E-state index in [0.29, 0.717) is 16.8 Å². The highest BCUT2D eigenvalue weighted by Gasteiger charge is 2.46. The minimum atomic E-state index is -0.983. The lowest BCUT2D eigenvalue weighted by Gasteiger charge is -2.25. The minimum Gasteiger partial charge on any atom is -0.507 e. The van der Waals surface area contributed by atoms with Gasteiger partial charge in [-0.25, -0.2) is 4.39 Å². The van der Waals surface area contributed by atoms with Crippen molar-refractivity contribution in [3.63, 3.8) is 0 Å². The van der Waals surface area contributed by atoms with Crippen molar-refractivity contribution in [1.82, 2.24) is 0 Å². The van der Waals surface area contributed by atoms with Gasteiger partial charge in [0.2, 0.25) is 0 Å². The molecule has 0 saturated carbocycles. The van der Waals surface area contributed by atoms with Crippen molar-refractivity contribution in [1.29, 1.82) is 0 Å². The molecule has 3 aromatic carbocycles. The molecule has 7 heteroatoms. The van der Waals surface area contributed by atoms with Crippen LogP contribution in [0.1, 0.15) is 35.2 Å². The highest BCUT2D eigenvalue weighted by atomic mass is 19.1. The molecule has 34 heavy (non-hydrogen) atoms. The van der Waals surface area contributed by atoms with E-state index >= 15 is 0 Å². The molecule has 0 aliphatic carbocycles. The summed E-state index contributed by atoms with van der Waals surface area (Å²) in [7, 11) is 0. The summed E-state index contributed by atoms with van der Waals surface area (Å²) in [6.45, 7) is 2.01. The molecule has 1 aliphatic rings. The average molecular weight is 459 g/mol. The van der Waals surface area contributed by atoms with E-state index in [9.17, 15) is 23.9 Å². The second-order valence-electron chi connectivity index (χ2n) is 8.01. The number of Topliss-reactive ketones (excluding diaryl/α,β-unsaturated/α-hetero) is 1. The second kappa shape index (κ2) is 9.31. The van der Waals surface area contributed by atoms with E-state index in [1.165, 1.54) is 17.0 Å². The maximum atomic E-state index is 13.4. The number of carbonyl (C=O) groups excluding carboxylic acids is 2. The molecule has 1 heterocycles. The minimum absolute atomic E-state index is 0.101. The first-order valence-electron chi connectivity index (χ1n) is 10.8. The van der Waals surface area contributed by atoms with Crippen molar-refractivity contribution in [2.45, 2.75) is 25.8 Å². The van der Waals surface area contributed by atoms with Crippen LogP contribution in [0.3, 0.4) is 0 Å². The zero-order chi connectivity index (χ0) is 24.4. The summed E-state index contributed by atoms with van der Waals surface area (Å²) in [5.74, 6) is -3.55. The quantitative estimate of drug-likeness (QED) is 0.318. The highest BCUT2D eigenvalue weighted by molar-refractivity contribution is 6.51. The number of benzene rings is 3. The van der Waals surface area contributed by atoms with E-state index < -0.39 is 35.3 Å². The van der Waals surface area contributed by atoms with Gasteiger partial charge in [-0.2, -0.15) is 0 Å². The molecule has 0 bridgehead atoms. The normalized spacial score (nSPS) is 17.2. The van der Waals surface area contributed by atoms with Gasteiger partial charge >= 0.3 is 5.97 Å². The molecule has 6 nitrogen and oxygen atoms in total. The summed E-state index contributed by atoms with van der Waals surface area (Å²) in [6, 6.07) is 17.8. The van der Waals surface area contributed by atoms with Crippen LogP contribution in [0.15, 0.2) is 78.4 Å². The fraction of sp³-hybridized carbons (Fsp3) is 0.148. The van der Waals surface area contributed by atoms with Crippen molar-refractivity contribution in [2.75, 3.05) is 4.90 Å². The Balaban J connectivity index is 1.86. The largest absolute Gasteiger partial charge is 0.507 e. The number of aliphatic carboxylic acids is 1.